The van der Waals surface area contributed by atoms with Crippen molar-refractivity contribution < 1.29 is 19.0 Å². The minimum Gasteiger partial charge on any atom is -0.508 e. The van der Waals surface area contributed by atoms with E-state index in [2.05, 4.69) is 5.32 Å². The first-order valence-corrected chi connectivity index (χ1v) is 6.07. The molecule has 0 heterocycles. The van der Waals surface area contributed by atoms with Crippen molar-refractivity contribution in [3.63, 3.8) is 0 Å². The number of rotatable bonds is 5. The van der Waals surface area contributed by atoms with Gasteiger partial charge in [0.25, 0.3) is 0 Å². The number of aromatic hydroxyl groups is 1. The first-order valence-electron chi connectivity index (χ1n) is 6.07. The summed E-state index contributed by atoms with van der Waals surface area (Å²) >= 11 is 0. The molecule has 0 saturated heterocycles. The van der Waals surface area contributed by atoms with Gasteiger partial charge in [0.05, 0.1) is 19.9 Å². The van der Waals surface area contributed by atoms with E-state index in [0.717, 1.165) is 0 Å². The number of nitrogens with one attached hydrogen (secondary N) is 1. The first-order chi connectivity index (χ1) is 9.63. The topological polar surface area (TPSA) is 50.7 Å². The van der Waals surface area contributed by atoms with Crippen LogP contribution in [0.15, 0.2) is 36.4 Å². The van der Waals surface area contributed by atoms with E-state index >= 15 is 0 Å². The molecule has 0 atom stereocenters. The van der Waals surface area contributed by atoms with Crippen molar-refractivity contribution in [1.82, 2.24) is 0 Å². The van der Waals surface area contributed by atoms with Crippen molar-refractivity contribution in [2.24, 2.45) is 0 Å². The predicted octanol–water partition coefficient (Wildman–Crippen LogP) is 3.16. The van der Waals surface area contributed by atoms with Gasteiger partial charge >= 0.3 is 0 Å². The van der Waals surface area contributed by atoms with E-state index < -0.39 is 5.82 Å². The third-order valence-corrected chi connectivity index (χ3v) is 2.92. The highest BCUT2D eigenvalue weighted by molar-refractivity contribution is 5.60. The Morgan fingerprint density at radius 2 is 1.90 bits per heavy atom. The van der Waals surface area contributed by atoms with Crippen LogP contribution in [0.25, 0.3) is 0 Å². The Balaban J connectivity index is 2.19. The van der Waals surface area contributed by atoms with Crippen molar-refractivity contribution in [2.75, 3.05) is 19.5 Å². The number of benzene rings is 2. The van der Waals surface area contributed by atoms with Gasteiger partial charge in [-0.1, -0.05) is 0 Å². The Kier molecular flexibility index (Phi) is 4.30. The number of phenols is 1. The van der Waals surface area contributed by atoms with Crippen LogP contribution in [0.1, 0.15) is 5.56 Å². The third kappa shape index (κ3) is 3.12. The zero-order valence-corrected chi connectivity index (χ0v) is 11.3. The van der Waals surface area contributed by atoms with Crippen molar-refractivity contribution in [3.05, 3.63) is 47.8 Å². The molecule has 0 bridgehead atoms. The lowest BCUT2D eigenvalue weighted by atomic mass is 10.2. The van der Waals surface area contributed by atoms with E-state index in [0.29, 0.717) is 22.7 Å². The summed E-state index contributed by atoms with van der Waals surface area (Å²) in [6, 6.07) is 9.15. The fourth-order valence-electron chi connectivity index (χ4n) is 1.84. The lowest BCUT2D eigenvalue weighted by molar-refractivity contribution is 0.404. The smallest absolute Gasteiger partial charge is 0.142 e. The van der Waals surface area contributed by atoms with Gasteiger partial charge in [-0.15, -0.1) is 0 Å². The summed E-state index contributed by atoms with van der Waals surface area (Å²) in [5.74, 6) is 0.969. The summed E-state index contributed by atoms with van der Waals surface area (Å²) < 4.78 is 23.5. The molecule has 2 N–H and O–H groups in total. The van der Waals surface area contributed by atoms with Gasteiger partial charge < -0.3 is 19.9 Å². The summed E-state index contributed by atoms with van der Waals surface area (Å²) in [4.78, 5) is 0. The average molecular weight is 277 g/mol. The van der Waals surface area contributed by atoms with Crippen LogP contribution in [0.3, 0.4) is 0 Å². The van der Waals surface area contributed by atoms with E-state index in [9.17, 15) is 9.50 Å². The van der Waals surface area contributed by atoms with Crippen LogP contribution < -0.4 is 14.8 Å². The number of anilines is 1. The van der Waals surface area contributed by atoms with Gasteiger partial charge in [-0.2, -0.15) is 0 Å². The molecule has 0 radical (unpaired) electrons. The molecule has 0 aliphatic carbocycles. The fraction of sp³-hybridized carbons (Fsp3) is 0.200. The zero-order chi connectivity index (χ0) is 14.5. The molecule has 0 fully saturated rings. The van der Waals surface area contributed by atoms with Crippen LogP contribution in [0.2, 0.25) is 0 Å². The van der Waals surface area contributed by atoms with Crippen LogP contribution in [-0.4, -0.2) is 19.3 Å². The standard InChI is InChI=1S/C15H16FNO3/c1-19-12-4-6-15(20-2)13(8-12)17-9-10-7-11(16)3-5-14(10)18/h3-8,17-18H,9H2,1-2H3. The molecule has 0 spiro atoms. The number of hydrogen-bond acceptors (Lipinski definition) is 4. The van der Waals surface area contributed by atoms with Gasteiger partial charge in [-0.05, 0) is 30.3 Å². The van der Waals surface area contributed by atoms with Crippen LogP contribution in [0.5, 0.6) is 17.2 Å². The van der Waals surface area contributed by atoms with Gasteiger partial charge in [-0.3, -0.25) is 0 Å². The summed E-state index contributed by atoms with van der Waals surface area (Å²) in [6.07, 6.45) is 0. The van der Waals surface area contributed by atoms with Crippen LogP contribution in [0, 0.1) is 5.82 Å². The number of halogens is 1. The van der Waals surface area contributed by atoms with E-state index in [1.807, 2.05) is 0 Å². The quantitative estimate of drug-likeness (QED) is 0.881. The minimum atomic E-state index is -0.391. The Morgan fingerprint density at radius 1 is 1.10 bits per heavy atom. The van der Waals surface area contributed by atoms with Crippen LogP contribution in [0.4, 0.5) is 10.1 Å². The van der Waals surface area contributed by atoms with Crippen LogP contribution in [-0.2, 0) is 6.54 Å². The van der Waals surface area contributed by atoms with Crippen molar-refractivity contribution in [3.8, 4) is 17.2 Å². The Hall–Kier alpha value is -2.43. The van der Waals surface area contributed by atoms with E-state index in [4.69, 9.17) is 9.47 Å². The van der Waals surface area contributed by atoms with Crippen molar-refractivity contribution in [2.45, 2.75) is 6.54 Å². The number of hydrogen-bond donors (Lipinski definition) is 2. The zero-order valence-electron chi connectivity index (χ0n) is 11.3. The van der Waals surface area contributed by atoms with Gasteiger partial charge in [0.1, 0.15) is 23.1 Å². The molecule has 106 valence electrons. The lowest BCUT2D eigenvalue weighted by Crippen LogP contribution is -2.02. The molecular formula is C15H16FNO3. The Bertz CT molecular complexity index is 602. The highest BCUT2D eigenvalue weighted by Crippen LogP contribution is 2.30. The first kappa shape index (κ1) is 14.0. The maximum Gasteiger partial charge on any atom is 0.142 e. The number of ether oxygens (including phenoxy) is 2. The van der Waals surface area contributed by atoms with Crippen molar-refractivity contribution >= 4 is 5.69 Å². The van der Waals surface area contributed by atoms with Gasteiger partial charge in [0.2, 0.25) is 0 Å². The highest BCUT2D eigenvalue weighted by Gasteiger charge is 2.07. The molecule has 0 aliphatic rings. The average Bonchev–Trinajstić information content (AvgIpc) is 2.47. The molecule has 20 heavy (non-hydrogen) atoms. The van der Waals surface area contributed by atoms with Gasteiger partial charge in [0.15, 0.2) is 0 Å². The van der Waals surface area contributed by atoms with Gasteiger partial charge in [-0.25, -0.2) is 4.39 Å². The highest BCUT2D eigenvalue weighted by atomic mass is 19.1. The molecule has 0 aliphatic heterocycles. The SMILES string of the molecule is COc1ccc(OC)c(NCc2cc(F)ccc2O)c1. The summed E-state index contributed by atoms with van der Waals surface area (Å²) in [6.45, 7) is 0.271. The normalized spacial score (nSPS) is 10.2. The second-order valence-electron chi connectivity index (χ2n) is 4.19. The maximum atomic E-state index is 13.2. The second kappa shape index (κ2) is 6.14. The minimum absolute atomic E-state index is 0.0424. The second-order valence-corrected chi connectivity index (χ2v) is 4.19. The Morgan fingerprint density at radius 3 is 2.60 bits per heavy atom. The third-order valence-electron chi connectivity index (χ3n) is 2.92. The molecule has 0 amide bonds. The molecule has 0 unspecified atom stereocenters. The van der Waals surface area contributed by atoms with E-state index in [1.165, 1.54) is 18.2 Å². The molecular weight excluding hydrogens is 261 g/mol. The van der Waals surface area contributed by atoms with Crippen molar-refractivity contribution in [1.29, 1.82) is 0 Å². The summed E-state index contributed by atoms with van der Waals surface area (Å²) in [5.41, 5.74) is 1.17. The summed E-state index contributed by atoms with van der Waals surface area (Å²) in [7, 11) is 3.14. The fourth-order valence-corrected chi connectivity index (χ4v) is 1.84. The molecule has 4 nitrogen and oxygen atoms in total. The maximum absolute atomic E-state index is 13.2. The molecule has 0 aromatic heterocycles. The summed E-state index contributed by atoms with van der Waals surface area (Å²) in [5, 5.41) is 12.8. The van der Waals surface area contributed by atoms with Crippen LogP contribution >= 0.6 is 0 Å². The molecule has 0 saturated carbocycles. The molecule has 2 aromatic carbocycles. The monoisotopic (exact) mass is 277 g/mol. The lowest BCUT2D eigenvalue weighted by Gasteiger charge is -2.13. The van der Waals surface area contributed by atoms with E-state index in [-0.39, 0.29) is 12.3 Å². The van der Waals surface area contributed by atoms with E-state index in [1.54, 1.807) is 32.4 Å². The number of methoxy groups -OCH3 is 2. The molecule has 2 rings (SSSR count). The predicted molar refractivity (Wildman–Crippen MR) is 74.9 cm³/mol. The molecule has 2 aromatic rings. The Labute approximate surface area is 116 Å². The van der Waals surface area contributed by atoms with Gasteiger partial charge in [0, 0.05) is 18.2 Å². The largest absolute Gasteiger partial charge is 0.508 e. The number of phenolic OH excluding ortho intramolecular Hbond substituents is 1. The molecule has 5 heteroatoms.